The Morgan fingerprint density at radius 1 is 1.50 bits per heavy atom. The molecule has 48 valence electrons. The van der Waals surface area contributed by atoms with E-state index in [4.69, 9.17) is 33.2 Å². The second-order valence-corrected chi connectivity index (χ2v) is 8.49. The lowest BCUT2D eigenvalue weighted by molar-refractivity contribution is 0.213. The van der Waals surface area contributed by atoms with Gasteiger partial charge in [0.15, 0.2) is 0 Å². The van der Waals surface area contributed by atoms with E-state index in [1.54, 1.807) is 0 Å². The third kappa shape index (κ3) is 6.36. The third-order valence-electron chi connectivity index (χ3n) is 0.216. The number of carbonyl (C=O) groups is 1. The Kier molecular flexibility index (Phi) is 2.90. The maximum atomic E-state index is 9.80. The van der Waals surface area contributed by atoms with Crippen molar-refractivity contribution in [1.82, 2.24) is 0 Å². The van der Waals surface area contributed by atoms with Gasteiger partial charge in [-0.25, -0.2) is 4.79 Å². The first-order valence-electron chi connectivity index (χ1n) is 1.47. The summed E-state index contributed by atoms with van der Waals surface area (Å²) in [6.07, 6.45) is -4.34. The molecule has 0 saturated carbocycles. The van der Waals surface area contributed by atoms with Crippen LogP contribution in [-0.2, 0) is 4.43 Å². The van der Waals surface area contributed by atoms with Crippen molar-refractivity contribution in [3.05, 3.63) is 0 Å². The smallest absolute Gasteiger partial charge is 0.464 e. The Morgan fingerprint density at radius 3 is 1.88 bits per heavy atom. The molecule has 0 aliphatic heterocycles. The largest absolute Gasteiger partial charge is 0.558 e. The van der Waals surface area contributed by atoms with Crippen LogP contribution in [0.15, 0.2) is 0 Å². The van der Waals surface area contributed by atoms with E-state index >= 15 is 0 Å². The quantitative estimate of drug-likeness (QED) is 0.504. The van der Waals surface area contributed by atoms with Gasteiger partial charge in [-0.05, 0) is 0 Å². The van der Waals surface area contributed by atoms with Crippen LogP contribution in [-0.4, -0.2) is 12.3 Å². The van der Waals surface area contributed by atoms with Crippen molar-refractivity contribution in [2.75, 3.05) is 0 Å². The average molecular weight is 194 g/mol. The Morgan fingerprint density at radius 2 is 1.88 bits per heavy atom. The van der Waals surface area contributed by atoms with Crippen LogP contribution in [0.2, 0.25) is 0 Å². The minimum atomic E-state index is -3.28. The zero-order chi connectivity index (χ0) is 6.78. The van der Waals surface area contributed by atoms with Crippen molar-refractivity contribution in [2.45, 2.75) is 0 Å². The van der Waals surface area contributed by atoms with E-state index in [0.29, 0.717) is 0 Å². The van der Waals surface area contributed by atoms with Crippen molar-refractivity contribution >= 4 is 45.6 Å². The second kappa shape index (κ2) is 2.77. The Balaban J connectivity index is 3.55. The molecule has 7 heteroatoms. The topological polar surface area (TPSA) is 52.3 Å². The molecule has 0 aromatic carbocycles. The van der Waals surface area contributed by atoms with Gasteiger partial charge in [0.2, 0.25) is 0 Å². The number of hydrogen-bond acceptors (Lipinski definition) is 2. The van der Waals surface area contributed by atoms with E-state index in [1.807, 2.05) is 0 Å². The highest BCUT2D eigenvalue weighted by Crippen LogP contribution is 2.20. The van der Waals surface area contributed by atoms with Gasteiger partial charge in [-0.15, -0.1) is 0 Å². The van der Waals surface area contributed by atoms with Gasteiger partial charge in [0.05, 0.1) is 0 Å². The summed E-state index contributed by atoms with van der Waals surface area (Å²) >= 11 is 15.2. The van der Waals surface area contributed by atoms with E-state index in [0.717, 1.165) is 0 Å². The zero-order valence-electron chi connectivity index (χ0n) is 3.53. The van der Waals surface area contributed by atoms with Crippen molar-refractivity contribution in [3.8, 4) is 0 Å². The zero-order valence-corrected chi connectivity index (χ0v) is 6.80. The molecule has 0 rings (SSSR count). The summed E-state index contributed by atoms with van der Waals surface area (Å²) in [6, 6.07) is 0. The minimum Gasteiger partial charge on any atom is -0.464 e. The lowest BCUT2D eigenvalue weighted by Crippen LogP contribution is -2.25. The molecule has 0 aliphatic rings. The summed E-state index contributed by atoms with van der Waals surface area (Å²) in [5, 5.41) is 0. The van der Waals surface area contributed by atoms with Crippen LogP contribution < -0.4 is 5.73 Å². The van der Waals surface area contributed by atoms with Crippen molar-refractivity contribution in [1.29, 1.82) is 0 Å². The molecule has 0 spiro atoms. The highest BCUT2D eigenvalue weighted by molar-refractivity contribution is 7.62. The summed E-state index contributed by atoms with van der Waals surface area (Å²) in [4.78, 5) is 9.80. The van der Waals surface area contributed by atoms with Crippen LogP contribution >= 0.6 is 33.2 Å². The van der Waals surface area contributed by atoms with Gasteiger partial charge in [0.1, 0.15) is 0 Å². The SMILES string of the molecule is NC(=O)O[Si](Cl)(Cl)Cl. The Bertz CT molecular complexity index is 99.9. The van der Waals surface area contributed by atoms with E-state index in [2.05, 4.69) is 10.2 Å². The predicted molar refractivity (Wildman–Crippen MR) is 34.0 cm³/mol. The van der Waals surface area contributed by atoms with E-state index in [9.17, 15) is 4.79 Å². The monoisotopic (exact) mass is 193 g/mol. The first-order chi connectivity index (χ1) is 3.42. The molecule has 0 radical (unpaired) electrons. The molecule has 0 bridgehead atoms. The molecule has 2 N–H and O–H groups in total. The number of rotatable bonds is 1. The maximum Gasteiger partial charge on any atom is 0.558 e. The van der Waals surface area contributed by atoms with Crippen LogP contribution in [0.3, 0.4) is 0 Å². The van der Waals surface area contributed by atoms with E-state index in [1.165, 1.54) is 0 Å². The number of carbonyl (C=O) groups excluding carboxylic acids is 1. The number of halogens is 3. The van der Waals surface area contributed by atoms with Gasteiger partial charge in [0.25, 0.3) is 0 Å². The molecule has 0 aliphatic carbocycles. The van der Waals surface area contributed by atoms with Crippen LogP contribution in [0, 0.1) is 0 Å². The number of nitrogens with two attached hydrogens (primary N) is 1. The van der Waals surface area contributed by atoms with Gasteiger partial charge in [-0.2, -0.15) is 0 Å². The number of amides is 1. The molecule has 0 aromatic heterocycles. The molecule has 0 atom stereocenters. The van der Waals surface area contributed by atoms with Gasteiger partial charge < -0.3 is 10.2 Å². The summed E-state index contributed by atoms with van der Waals surface area (Å²) in [5.41, 5.74) is 4.50. The Labute approximate surface area is 60.9 Å². The number of primary amides is 1. The molecular weight excluding hydrogens is 192 g/mol. The molecule has 0 unspecified atom stereocenters. The first kappa shape index (κ1) is 8.36. The first-order valence-corrected chi connectivity index (χ1v) is 6.41. The Hall–Kier alpha value is 0.357. The normalized spacial score (nSPS) is 10.9. The summed E-state index contributed by atoms with van der Waals surface area (Å²) in [7, 11) is 0. The van der Waals surface area contributed by atoms with Gasteiger partial charge in [-0.1, -0.05) is 33.2 Å². The molecule has 0 saturated heterocycles. The maximum absolute atomic E-state index is 9.80. The van der Waals surface area contributed by atoms with E-state index < -0.39 is 12.3 Å². The summed E-state index contributed by atoms with van der Waals surface area (Å²) in [6.45, 7) is 0. The highest BCUT2D eigenvalue weighted by Gasteiger charge is 2.31. The fourth-order valence-corrected chi connectivity index (χ4v) is 1.03. The van der Waals surface area contributed by atoms with Crippen molar-refractivity contribution in [2.24, 2.45) is 5.73 Å². The molecule has 3 nitrogen and oxygen atoms in total. The van der Waals surface area contributed by atoms with Crippen molar-refractivity contribution < 1.29 is 9.22 Å². The minimum absolute atomic E-state index is 1.06. The predicted octanol–water partition coefficient (Wildman–Crippen LogP) is 1.23. The van der Waals surface area contributed by atoms with Crippen LogP contribution in [0.5, 0.6) is 0 Å². The second-order valence-electron chi connectivity index (χ2n) is 0.867. The molecular formula is CH2Cl3NO2Si. The highest BCUT2D eigenvalue weighted by atomic mass is 35.8. The van der Waals surface area contributed by atoms with Gasteiger partial charge >= 0.3 is 12.3 Å². The van der Waals surface area contributed by atoms with Gasteiger partial charge in [-0.3, -0.25) is 0 Å². The summed E-state index contributed by atoms with van der Waals surface area (Å²) < 4.78 is 4.01. The van der Waals surface area contributed by atoms with Crippen LogP contribution in [0.1, 0.15) is 0 Å². The molecule has 0 fully saturated rings. The average Bonchev–Trinajstić information content (AvgIpc) is 1.21. The van der Waals surface area contributed by atoms with Crippen LogP contribution in [0.25, 0.3) is 0 Å². The van der Waals surface area contributed by atoms with Crippen LogP contribution in [0.4, 0.5) is 4.79 Å². The molecule has 1 amide bonds. The lowest BCUT2D eigenvalue weighted by atomic mass is 11.3. The molecule has 8 heavy (non-hydrogen) atoms. The summed E-state index contributed by atoms with van der Waals surface area (Å²) in [5.74, 6) is 0. The standard InChI is InChI=1S/CH2Cl3NO2Si/c2-8(3,4)7-1(5)6/h(H2,5,6). The molecule has 0 heterocycles. The van der Waals surface area contributed by atoms with E-state index in [-0.39, 0.29) is 0 Å². The fraction of sp³-hybridized carbons (Fsp3) is 0. The molecule has 0 aromatic rings. The lowest BCUT2D eigenvalue weighted by Gasteiger charge is -2.04. The third-order valence-corrected chi connectivity index (χ3v) is 1.34. The fourth-order valence-electron chi connectivity index (χ4n) is 0.114. The number of hydrogen-bond donors (Lipinski definition) is 1. The van der Waals surface area contributed by atoms with Gasteiger partial charge in [0, 0.05) is 0 Å². The van der Waals surface area contributed by atoms with Crippen molar-refractivity contribution in [3.63, 3.8) is 0 Å².